The van der Waals surface area contributed by atoms with E-state index in [0.29, 0.717) is 11.1 Å². The maximum Gasteiger partial charge on any atom is 0.325 e. The molecule has 2 rings (SSSR count). The zero-order chi connectivity index (χ0) is 36.9. The first-order chi connectivity index (χ1) is 22.9. The van der Waals surface area contributed by atoms with Crippen LogP contribution in [-0.2, 0) is 55.9 Å². The van der Waals surface area contributed by atoms with Gasteiger partial charge in [0.1, 0.15) is 12.5 Å². The molecule has 0 heterocycles. The fourth-order valence-corrected chi connectivity index (χ4v) is 4.14. The first-order valence-electron chi connectivity index (χ1n) is 14.6. The van der Waals surface area contributed by atoms with Gasteiger partial charge >= 0.3 is 29.8 Å². The molecule has 0 radical (unpaired) electrons. The lowest BCUT2D eigenvalue weighted by atomic mass is 9.89. The molecular formula is C32H38N4O13. The quantitative estimate of drug-likeness (QED) is 0.0824. The van der Waals surface area contributed by atoms with E-state index in [0.717, 1.165) is 21.0 Å². The molecule has 0 aliphatic rings. The zero-order valence-electron chi connectivity index (χ0n) is 28.0. The minimum absolute atomic E-state index is 0.00443. The molecule has 0 aromatic heterocycles. The van der Waals surface area contributed by atoms with Crippen LogP contribution in [0.1, 0.15) is 59.1 Å². The summed E-state index contributed by atoms with van der Waals surface area (Å²) < 4.78 is 25.1. The van der Waals surface area contributed by atoms with Crippen LogP contribution >= 0.6 is 0 Å². The lowest BCUT2D eigenvalue weighted by Gasteiger charge is -2.28. The summed E-state index contributed by atoms with van der Waals surface area (Å²) in [4.78, 5) is 96.1. The number of hydrogen-bond acceptors (Lipinski definition) is 15. The van der Waals surface area contributed by atoms with Gasteiger partial charge in [-0.05, 0) is 55.7 Å². The van der Waals surface area contributed by atoms with Crippen LogP contribution in [-0.4, -0.2) is 66.1 Å². The molecular weight excluding hydrogens is 648 g/mol. The van der Waals surface area contributed by atoms with Gasteiger partial charge in [0.2, 0.25) is 11.8 Å². The number of benzene rings is 2. The van der Waals surface area contributed by atoms with Crippen molar-refractivity contribution in [1.82, 2.24) is 21.7 Å². The number of amides is 2. The van der Waals surface area contributed by atoms with Gasteiger partial charge in [-0.2, -0.15) is 0 Å². The van der Waals surface area contributed by atoms with Crippen molar-refractivity contribution in [2.45, 2.75) is 72.4 Å². The third kappa shape index (κ3) is 13.2. The second kappa shape index (κ2) is 18.0. The van der Waals surface area contributed by atoms with Crippen LogP contribution in [0, 0.1) is 0 Å². The molecule has 2 aromatic carbocycles. The summed E-state index contributed by atoms with van der Waals surface area (Å²) in [5, 5.41) is 0. The number of nitrogens with one attached hydrogen (secondary N) is 4. The van der Waals surface area contributed by atoms with Crippen LogP contribution in [0.2, 0.25) is 0 Å². The number of hydrazine groups is 2. The summed E-state index contributed by atoms with van der Waals surface area (Å²) in [6, 6.07) is 7.42. The predicted octanol–water partition coefficient (Wildman–Crippen LogP) is 0.694. The number of carbonyl (C=O) groups is 8. The highest BCUT2D eigenvalue weighted by Gasteiger charge is 2.31. The van der Waals surface area contributed by atoms with Crippen molar-refractivity contribution in [2.24, 2.45) is 0 Å². The number of ether oxygens (including phenoxy) is 5. The number of esters is 5. The summed E-state index contributed by atoms with van der Waals surface area (Å²) >= 11 is 0. The van der Waals surface area contributed by atoms with Gasteiger partial charge in [-0.3, -0.25) is 49.2 Å². The van der Waals surface area contributed by atoms with Crippen LogP contribution < -0.4 is 40.7 Å². The van der Waals surface area contributed by atoms with Gasteiger partial charge in [-0.15, -0.1) is 0 Å². The second-order valence-electron chi connectivity index (χ2n) is 10.8. The van der Waals surface area contributed by atoms with E-state index in [1.54, 1.807) is 0 Å². The van der Waals surface area contributed by atoms with Gasteiger partial charge in [-0.25, -0.2) is 10.9 Å². The first-order valence-corrected chi connectivity index (χ1v) is 14.6. The Hall–Kier alpha value is -5.68. The summed E-state index contributed by atoms with van der Waals surface area (Å²) in [5.41, 5.74) is 9.22. The van der Waals surface area contributed by atoms with Crippen molar-refractivity contribution >= 4 is 47.4 Å². The normalized spacial score (nSPS) is 12.3. The van der Waals surface area contributed by atoms with E-state index < -0.39 is 65.4 Å². The molecule has 0 bridgehead atoms. The van der Waals surface area contributed by atoms with Gasteiger partial charge in [0.05, 0.1) is 12.6 Å². The van der Waals surface area contributed by atoms with Gasteiger partial charge < -0.3 is 23.7 Å². The molecule has 0 saturated carbocycles. The van der Waals surface area contributed by atoms with E-state index in [2.05, 4.69) is 21.7 Å². The molecule has 0 aliphatic heterocycles. The van der Waals surface area contributed by atoms with E-state index in [1.807, 2.05) is 0 Å². The number of ketones is 1. The maximum absolute atomic E-state index is 12.6. The zero-order valence-corrected chi connectivity index (χ0v) is 28.0. The number of rotatable bonds is 16. The molecule has 2 unspecified atom stereocenters. The Morgan fingerprint density at radius 3 is 1.57 bits per heavy atom. The number of carbonyl (C=O) groups excluding carboxylic acids is 8. The average Bonchev–Trinajstić information content (AvgIpc) is 2.99. The molecule has 264 valence electrons. The highest BCUT2D eigenvalue weighted by molar-refractivity contribution is 5.97. The summed E-state index contributed by atoms with van der Waals surface area (Å²) in [6.45, 7) is 7.44. The van der Waals surface area contributed by atoms with E-state index in [4.69, 9.17) is 23.7 Å². The van der Waals surface area contributed by atoms with Crippen LogP contribution in [0.5, 0.6) is 23.0 Å². The van der Waals surface area contributed by atoms with Crippen molar-refractivity contribution < 1.29 is 62.0 Å². The number of Topliss-reactive ketones (excluding diaryl/α,β-unsaturated/α-hetero) is 1. The Balaban J connectivity index is 2.06. The molecule has 2 atom stereocenters. The fraction of sp³-hybridized carbons (Fsp3) is 0.375. The summed E-state index contributed by atoms with van der Waals surface area (Å²) in [6.07, 6.45) is -0.844. The Morgan fingerprint density at radius 2 is 1.10 bits per heavy atom. The minimum Gasteiger partial charge on any atom is -0.468 e. The molecule has 17 heteroatoms. The molecule has 0 fully saturated rings. The van der Waals surface area contributed by atoms with Crippen LogP contribution in [0.25, 0.3) is 0 Å². The van der Waals surface area contributed by atoms with Crippen molar-refractivity contribution in [3.05, 3.63) is 47.5 Å². The van der Waals surface area contributed by atoms with Crippen molar-refractivity contribution in [3.63, 3.8) is 0 Å². The minimum atomic E-state index is -1.40. The van der Waals surface area contributed by atoms with E-state index in [1.165, 1.54) is 64.1 Å². The first kappa shape index (κ1) is 39.5. The number of hydrogen-bond donors (Lipinski definition) is 4. The Kier molecular flexibility index (Phi) is 14.5. The molecule has 4 N–H and O–H groups in total. The molecule has 49 heavy (non-hydrogen) atoms. The summed E-state index contributed by atoms with van der Waals surface area (Å²) in [7, 11) is 1.13. The lowest BCUT2D eigenvalue weighted by molar-refractivity contribution is -0.144. The van der Waals surface area contributed by atoms with Crippen molar-refractivity contribution in [1.29, 1.82) is 0 Å². The third-order valence-electron chi connectivity index (χ3n) is 6.48. The Bertz CT molecular complexity index is 1620. The Labute approximate surface area is 281 Å². The van der Waals surface area contributed by atoms with Crippen LogP contribution in [0.3, 0.4) is 0 Å². The average molecular weight is 687 g/mol. The standard InChI is InChI=1S/C32H38N4O13/c1-17(37)32(6,16-23-9-11-26(47-19(3)39)28(14-23)49-21(5)41)36-35-30(43)15-29(42)34-33-24(31(44)45-7)12-22-8-10-25(46-18(2)38)27(13-22)48-20(4)40/h8-11,13-14,24,33,36H,12,15-16H2,1-7H3,(H,34,42)(H,35,43). The van der Waals surface area contributed by atoms with Crippen molar-refractivity contribution in [3.8, 4) is 23.0 Å². The fourth-order valence-electron chi connectivity index (χ4n) is 4.14. The van der Waals surface area contributed by atoms with Crippen LogP contribution in [0.4, 0.5) is 0 Å². The van der Waals surface area contributed by atoms with Gasteiger partial charge in [0.15, 0.2) is 28.8 Å². The smallest absolute Gasteiger partial charge is 0.325 e. The molecule has 2 aromatic rings. The second-order valence-corrected chi connectivity index (χ2v) is 10.8. The third-order valence-corrected chi connectivity index (χ3v) is 6.48. The molecule has 17 nitrogen and oxygen atoms in total. The molecule has 0 spiro atoms. The number of methoxy groups -OCH3 is 1. The predicted molar refractivity (Wildman–Crippen MR) is 168 cm³/mol. The molecule has 0 saturated heterocycles. The summed E-state index contributed by atoms with van der Waals surface area (Å²) in [5.74, 6) is -5.63. The van der Waals surface area contributed by atoms with Crippen LogP contribution in [0.15, 0.2) is 36.4 Å². The lowest BCUT2D eigenvalue weighted by Crippen LogP contribution is -2.58. The van der Waals surface area contributed by atoms with E-state index in [-0.39, 0.29) is 35.8 Å². The highest BCUT2D eigenvalue weighted by Crippen LogP contribution is 2.31. The largest absolute Gasteiger partial charge is 0.468 e. The molecule has 2 amide bonds. The van der Waals surface area contributed by atoms with E-state index in [9.17, 15) is 38.4 Å². The van der Waals surface area contributed by atoms with E-state index >= 15 is 0 Å². The maximum atomic E-state index is 12.6. The van der Waals surface area contributed by atoms with Gasteiger partial charge in [-0.1, -0.05) is 12.1 Å². The van der Waals surface area contributed by atoms with Gasteiger partial charge in [0.25, 0.3) is 0 Å². The molecule has 0 aliphatic carbocycles. The highest BCUT2D eigenvalue weighted by atomic mass is 16.6. The Morgan fingerprint density at radius 1 is 0.653 bits per heavy atom. The monoisotopic (exact) mass is 686 g/mol. The topological polar surface area (TPSA) is 231 Å². The SMILES string of the molecule is COC(=O)C(Cc1ccc(OC(C)=O)c(OC(C)=O)c1)NNC(=O)CC(=O)NNC(C)(Cc1ccc(OC(C)=O)c(OC(C)=O)c1)C(C)=O. The van der Waals surface area contributed by atoms with Crippen molar-refractivity contribution in [2.75, 3.05) is 7.11 Å². The van der Waals surface area contributed by atoms with Gasteiger partial charge in [0, 0.05) is 34.1 Å².